The van der Waals surface area contributed by atoms with Gasteiger partial charge in [0.1, 0.15) is 0 Å². The van der Waals surface area contributed by atoms with E-state index in [-0.39, 0.29) is 15.8 Å². The van der Waals surface area contributed by atoms with Crippen molar-refractivity contribution in [2.45, 2.75) is 28.7 Å². The first kappa shape index (κ1) is 17.1. The Labute approximate surface area is 142 Å². The van der Waals surface area contributed by atoms with Gasteiger partial charge in [0.05, 0.1) is 15.8 Å². The maximum atomic E-state index is 12.8. The molecule has 1 atom stereocenters. The van der Waals surface area contributed by atoms with Crippen molar-refractivity contribution in [2.75, 3.05) is 7.05 Å². The summed E-state index contributed by atoms with van der Waals surface area (Å²) in [5.74, 6) is 0. The van der Waals surface area contributed by atoms with Gasteiger partial charge in [-0.1, -0.05) is 24.3 Å². The summed E-state index contributed by atoms with van der Waals surface area (Å²) in [6.45, 7) is 0. The van der Waals surface area contributed by atoms with E-state index in [4.69, 9.17) is 5.14 Å². The van der Waals surface area contributed by atoms with Crippen LogP contribution in [0.1, 0.15) is 23.6 Å². The van der Waals surface area contributed by atoms with Crippen LogP contribution in [0.25, 0.3) is 0 Å². The molecule has 0 aliphatic heterocycles. The van der Waals surface area contributed by atoms with Crippen LogP contribution in [0, 0.1) is 0 Å². The second kappa shape index (κ2) is 5.96. The van der Waals surface area contributed by atoms with Crippen LogP contribution in [0.2, 0.25) is 0 Å². The van der Waals surface area contributed by atoms with Gasteiger partial charge in [0, 0.05) is 7.05 Å². The van der Waals surface area contributed by atoms with E-state index in [0.29, 0.717) is 0 Å². The summed E-state index contributed by atoms with van der Waals surface area (Å²) in [4.78, 5) is -0.0721. The highest BCUT2D eigenvalue weighted by Gasteiger charge is 2.33. The number of rotatable bonds is 4. The summed E-state index contributed by atoms with van der Waals surface area (Å²) in [6, 6.07) is 12.5. The molecule has 0 saturated carbocycles. The Morgan fingerprint density at radius 3 is 2.17 bits per heavy atom. The van der Waals surface area contributed by atoms with Gasteiger partial charge in [-0.25, -0.2) is 22.0 Å². The second-order valence-electron chi connectivity index (χ2n) is 5.79. The Balaban J connectivity index is 1.94. The van der Waals surface area contributed by atoms with Crippen molar-refractivity contribution in [1.82, 2.24) is 4.31 Å². The average molecular weight is 366 g/mol. The van der Waals surface area contributed by atoms with Crippen molar-refractivity contribution in [3.05, 3.63) is 59.7 Å². The quantitative estimate of drug-likeness (QED) is 0.889. The smallest absolute Gasteiger partial charge is 0.225 e. The summed E-state index contributed by atoms with van der Waals surface area (Å²) >= 11 is 0. The minimum atomic E-state index is -3.85. The third-order valence-electron chi connectivity index (χ3n) is 4.37. The van der Waals surface area contributed by atoms with Gasteiger partial charge in [-0.3, -0.25) is 0 Å². The molecule has 128 valence electrons. The van der Waals surface area contributed by atoms with Crippen molar-refractivity contribution < 1.29 is 16.8 Å². The first-order chi connectivity index (χ1) is 11.2. The molecule has 0 heterocycles. The zero-order valence-corrected chi connectivity index (χ0v) is 14.7. The van der Waals surface area contributed by atoms with E-state index in [9.17, 15) is 16.8 Å². The van der Waals surface area contributed by atoms with Crippen LogP contribution in [0.5, 0.6) is 0 Å². The van der Waals surface area contributed by atoms with Gasteiger partial charge in [0.15, 0.2) is 0 Å². The van der Waals surface area contributed by atoms with E-state index in [0.717, 1.165) is 24.0 Å². The Morgan fingerprint density at radius 2 is 1.54 bits per heavy atom. The molecular weight excluding hydrogens is 348 g/mol. The predicted octanol–water partition coefficient (Wildman–Crippen LogP) is 1.64. The fourth-order valence-corrected chi connectivity index (χ4v) is 4.93. The molecule has 0 saturated heterocycles. The summed E-state index contributed by atoms with van der Waals surface area (Å²) < 4.78 is 49.6. The Morgan fingerprint density at radius 1 is 0.958 bits per heavy atom. The van der Waals surface area contributed by atoms with Crippen LogP contribution in [0.4, 0.5) is 0 Å². The minimum Gasteiger partial charge on any atom is -0.225 e. The minimum absolute atomic E-state index is 0.0433. The van der Waals surface area contributed by atoms with Crippen LogP contribution in [-0.2, 0) is 26.5 Å². The molecule has 24 heavy (non-hydrogen) atoms. The lowest BCUT2D eigenvalue weighted by Gasteiger charge is -2.25. The van der Waals surface area contributed by atoms with E-state index in [1.165, 1.54) is 28.6 Å². The van der Waals surface area contributed by atoms with Crippen molar-refractivity contribution in [3.8, 4) is 0 Å². The van der Waals surface area contributed by atoms with Gasteiger partial charge < -0.3 is 0 Å². The molecule has 1 aliphatic rings. The number of hydrogen-bond acceptors (Lipinski definition) is 4. The first-order valence-electron chi connectivity index (χ1n) is 7.40. The average Bonchev–Trinajstić information content (AvgIpc) is 2.97. The van der Waals surface area contributed by atoms with Gasteiger partial charge >= 0.3 is 0 Å². The topological polar surface area (TPSA) is 97.5 Å². The molecule has 1 unspecified atom stereocenters. The van der Waals surface area contributed by atoms with E-state index in [1.807, 2.05) is 24.3 Å². The largest absolute Gasteiger partial charge is 0.243 e. The molecule has 3 rings (SSSR count). The molecule has 2 aromatic carbocycles. The maximum absolute atomic E-state index is 12.8. The van der Waals surface area contributed by atoms with Crippen LogP contribution in [-0.4, -0.2) is 28.2 Å². The van der Waals surface area contributed by atoms with Gasteiger partial charge in [0.25, 0.3) is 0 Å². The predicted molar refractivity (Wildman–Crippen MR) is 90.3 cm³/mol. The first-order valence-corrected chi connectivity index (χ1v) is 10.4. The Bertz CT molecular complexity index is 967. The molecule has 6 nitrogen and oxygen atoms in total. The zero-order chi connectivity index (χ0) is 17.5. The molecule has 1 aliphatic carbocycles. The Hall–Kier alpha value is -1.74. The molecule has 0 amide bonds. The summed E-state index contributed by atoms with van der Waals surface area (Å²) in [5.41, 5.74) is 2.18. The number of nitrogens with zero attached hydrogens (tertiary/aromatic N) is 1. The monoisotopic (exact) mass is 366 g/mol. The van der Waals surface area contributed by atoms with Gasteiger partial charge in [-0.2, -0.15) is 4.31 Å². The number of aryl methyl sites for hydroxylation is 1. The number of hydrogen-bond donors (Lipinski definition) is 1. The van der Waals surface area contributed by atoms with Crippen molar-refractivity contribution >= 4 is 20.0 Å². The van der Waals surface area contributed by atoms with Crippen molar-refractivity contribution in [2.24, 2.45) is 5.14 Å². The highest BCUT2D eigenvalue weighted by atomic mass is 32.2. The molecule has 0 spiro atoms. The van der Waals surface area contributed by atoms with E-state index in [2.05, 4.69) is 0 Å². The van der Waals surface area contributed by atoms with Crippen LogP contribution in [0.15, 0.2) is 58.3 Å². The summed E-state index contributed by atoms with van der Waals surface area (Å²) in [5, 5.41) is 5.04. The van der Waals surface area contributed by atoms with Crippen molar-refractivity contribution in [1.29, 1.82) is 0 Å². The number of sulfonamides is 2. The molecular formula is C16H18N2O4S2. The molecule has 0 radical (unpaired) electrons. The lowest BCUT2D eigenvalue weighted by molar-refractivity contribution is 0.374. The normalized spacial score (nSPS) is 17.9. The fraction of sp³-hybridized carbons (Fsp3) is 0.250. The third kappa shape index (κ3) is 2.98. The zero-order valence-electron chi connectivity index (χ0n) is 13.1. The lowest BCUT2D eigenvalue weighted by Crippen LogP contribution is -2.30. The summed E-state index contributed by atoms with van der Waals surface area (Å²) in [7, 11) is -6.03. The van der Waals surface area contributed by atoms with Crippen LogP contribution < -0.4 is 5.14 Å². The van der Waals surface area contributed by atoms with Gasteiger partial charge in [-0.15, -0.1) is 0 Å². The van der Waals surface area contributed by atoms with E-state index in [1.54, 1.807) is 7.05 Å². The molecule has 0 fully saturated rings. The van der Waals surface area contributed by atoms with Crippen molar-refractivity contribution in [3.63, 3.8) is 0 Å². The molecule has 2 aromatic rings. The standard InChI is InChI=1S/C16H18N2O4S2/c1-18(16-11-6-12-4-2-3-5-15(12)16)24(21,22)14-9-7-13(8-10-14)23(17,19)20/h2-5,7-10,16H,6,11H2,1H3,(H2,17,19,20). The molecule has 0 bridgehead atoms. The lowest BCUT2D eigenvalue weighted by atomic mass is 10.1. The summed E-state index contributed by atoms with van der Waals surface area (Å²) in [6.07, 6.45) is 1.56. The second-order valence-corrected chi connectivity index (χ2v) is 9.35. The van der Waals surface area contributed by atoms with Gasteiger partial charge in [-0.05, 0) is 48.2 Å². The molecule has 0 aromatic heterocycles. The number of benzene rings is 2. The van der Waals surface area contributed by atoms with E-state index < -0.39 is 20.0 Å². The Kier molecular flexibility index (Phi) is 4.25. The van der Waals surface area contributed by atoms with Crippen LogP contribution in [0.3, 0.4) is 0 Å². The third-order valence-corrected chi connectivity index (χ3v) is 7.18. The fourth-order valence-electron chi connectivity index (χ4n) is 3.05. The molecule has 2 N–H and O–H groups in total. The maximum Gasteiger partial charge on any atom is 0.243 e. The number of nitrogens with two attached hydrogens (primary N) is 1. The molecule has 8 heteroatoms. The number of primary sulfonamides is 1. The van der Waals surface area contributed by atoms with Gasteiger partial charge in [0.2, 0.25) is 20.0 Å². The highest BCUT2D eigenvalue weighted by Crippen LogP contribution is 2.37. The SMILES string of the molecule is CN(C1CCc2ccccc21)S(=O)(=O)c1ccc(S(N)(=O)=O)cc1. The number of fused-ring (bicyclic) bond motifs is 1. The van der Waals surface area contributed by atoms with E-state index >= 15 is 0 Å². The van der Waals surface area contributed by atoms with Crippen LogP contribution >= 0.6 is 0 Å². The highest BCUT2D eigenvalue weighted by molar-refractivity contribution is 7.89.